The number of hydrogen-bond donors (Lipinski definition) is 1. The van der Waals surface area contributed by atoms with Gasteiger partial charge in [-0.25, -0.2) is 4.98 Å². The first-order valence-electron chi connectivity index (χ1n) is 4.88. The van der Waals surface area contributed by atoms with Gasteiger partial charge in [0.1, 0.15) is 0 Å². The Balaban J connectivity index is 2.01. The van der Waals surface area contributed by atoms with Crippen molar-refractivity contribution in [3.8, 4) is 0 Å². The number of thiazole rings is 1. The first-order valence-corrected chi connectivity index (χ1v) is 5.76. The molecule has 0 aliphatic rings. The second-order valence-corrected chi connectivity index (χ2v) is 4.30. The van der Waals surface area contributed by atoms with Crippen molar-refractivity contribution in [2.75, 3.05) is 0 Å². The van der Waals surface area contributed by atoms with Crippen molar-refractivity contribution in [1.82, 2.24) is 9.38 Å². The molecule has 1 atom stereocenters. The molecule has 0 amide bonds. The van der Waals surface area contributed by atoms with Crippen LogP contribution in [0.2, 0.25) is 0 Å². The number of aliphatic hydroxyl groups is 1. The summed E-state index contributed by atoms with van der Waals surface area (Å²) in [6, 6.07) is 0. The van der Waals surface area contributed by atoms with E-state index in [1.165, 1.54) is 0 Å². The predicted octanol–water partition coefficient (Wildman–Crippen LogP) is 2.10. The summed E-state index contributed by atoms with van der Waals surface area (Å²) in [4.78, 5) is 5.48. The third-order valence-electron chi connectivity index (χ3n) is 2.35. The van der Waals surface area contributed by atoms with Crippen molar-refractivity contribution in [2.24, 2.45) is 0 Å². The molecule has 0 aliphatic carbocycles. The van der Waals surface area contributed by atoms with Crippen molar-refractivity contribution in [3.05, 3.63) is 23.5 Å². The summed E-state index contributed by atoms with van der Waals surface area (Å²) in [6.45, 7) is 2.00. The summed E-state index contributed by atoms with van der Waals surface area (Å²) in [7, 11) is 0. The number of imidazole rings is 1. The molecule has 0 fully saturated rings. The fourth-order valence-electron chi connectivity index (χ4n) is 1.42. The maximum absolute atomic E-state index is 9.41. The number of aromatic nitrogens is 2. The zero-order chi connectivity index (χ0) is 9.97. The smallest absolute Gasteiger partial charge is 0.193 e. The Morgan fingerprint density at radius 1 is 1.64 bits per heavy atom. The second kappa shape index (κ2) is 4.11. The van der Waals surface area contributed by atoms with Crippen LogP contribution in [0.4, 0.5) is 0 Å². The molecule has 1 N–H and O–H groups in total. The number of rotatable bonds is 4. The number of aliphatic hydroxyl groups excluding tert-OH is 1. The first-order chi connectivity index (χ1) is 6.79. The van der Waals surface area contributed by atoms with Gasteiger partial charge in [-0.3, -0.25) is 4.40 Å². The van der Waals surface area contributed by atoms with Crippen molar-refractivity contribution in [3.63, 3.8) is 0 Å². The fraction of sp³-hybridized carbons (Fsp3) is 0.500. The van der Waals surface area contributed by atoms with Crippen molar-refractivity contribution in [2.45, 2.75) is 32.3 Å². The van der Waals surface area contributed by atoms with Crippen LogP contribution in [-0.2, 0) is 6.42 Å². The lowest BCUT2D eigenvalue weighted by atomic mass is 10.1. The number of hydrogen-bond acceptors (Lipinski definition) is 3. The van der Waals surface area contributed by atoms with Crippen LogP contribution in [0.5, 0.6) is 0 Å². The summed E-state index contributed by atoms with van der Waals surface area (Å²) < 4.78 is 2.03. The van der Waals surface area contributed by atoms with Gasteiger partial charge in [-0.05, 0) is 19.3 Å². The minimum atomic E-state index is -0.185. The van der Waals surface area contributed by atoms with Crippen LogP contribution in [0, 0.1) is 0 Å². The van der Waals surface area contributed by atoms with Gasteiger partial charge in [-0.2, -0.15) is 0 Å². The van der Waals surface area contributed by atoms with E-state index >= 15 is 0 Å². The summed E-state index contributed by atoms with van der Waals surface area (Å²) in [5.41, 5.74) is 1.07. The van der Waals surface area contributed by atoms with E-state index in [1.54, 1.807) is 11.3 Å². The van der Waals surface area contributed by atoms with E-state index in [4.69, 9.17) is 0 Å². The van der Waals surface area contributed by atoms with E-state index < -0.39 is 0 Å². The molecule has 1 unspecified atom stereocenters. The van der Waals surface area contributed by atoms with Gasteiger partial charge in [0.2, 0.25) is 0 Å². The Hall–Kier alpha value is -0.870. The van der Waals surface area contributed by atoms with Gasteiger partial charge >= 0.3 is 0 Å². The van der Waals surface area contributed by atoms with Crippen LogP contribution >= 0.6 is 11.3 Å². The predicted molar refractivity (Wildman–Crippen MR) is 57.7 cm³/mol. The highest BCUT2D eigenvalue weighted by Gasteiger charge is 2.05. The summed E-state index contributed by atoms with van der Waals surface area (Å²) in [5, 5.41) is 11.4. The van der Waals surface area contributed by atoms with Crippen LogP contribution < -0.4 is 0 Å². The van der Waals surface area contributed by atoms with E-state index in [9.17, 15) is 5.11 Å². The highest BCUT2D eigenvalue weighted by Crippen LogP contribution is 2.13. The number of nitrogens with zero attached hydrogens (tertiary/aromatic N) is 2. The second-order valence-electron chi connectivity index (χ2n) is 3.43. The molecule has 0 spiro atoms. The van der Waals surface area contributed by atoms with Gasteiger partial charge in [0.05, 0.1) is 11.8 Å². The molecule has 0 saturated carbocycles. The van der Waals surface area contributed by atoms with Gasteiger partial charge in [0.15, 0.2) is 4.96 Å². The molecule has 3 nitrogen and oxygen atoms in total. The van der Waals surface area contributed by atoms with Gasteiger partial charge in [0, 0.05) is 17.8 Å². The third kappa shape index (κ3) is 1.96. The van der Waals surface area contributed by atoms with Gasteiger partial charge < -0.3 is 5.11 Å². The molecule has 76 valence electrons. The van der Waals surface area contributed by atoms with Gasteiger partial charge in [-0.15, -0.1) is 11.3 Å². The molecule has 2 aromatic heterocycles. The van der Waals surface area contributed by atoms with Crippen LogP contribution in [-0.4, -0.2) is 20.6 Å². The Kier molecular flexibility index (Phi) is 2.84. The van der Waals surface area contributed by atoms with Crippen LogP contribution in [0.25, 0.3) is 4.96 Å². The molecule has 0 aliphatic heterocycles. The highest BCUT2D eigenvalue weighted by molar-refractivity contribution is 7.15. The Morgan fingerprint density at radius 3 is 3.21 bits per heavy atom. The van der Waals surface area contributed by atoms with Gasteiger partial charge in [-0.1, -0.05) is 6.92 Å². The molecule has 0 saturated heterocycles. The van der Waals surface area contributed by atoms with Crippen LogP contribution in [0.15, 0.2) is 17.8 Å². The average molecular weight is 210 g/mol. The minimum absolute atomic E-state index is 0.185. The Morgan fingerprint density at radius 2 is 2.50 bits per heavy atom. The van der Waals surface area contributed by atoms with E-state index in [0.29, 0.717) is 0 Å². The molecular formula is C10H14N2OS. The fourth-order valence-corrected chi connectivity index (χ4v) is 2.13. The van der Waals surface area contributed by atoms with Crippen LogP contribution in [0.3, 0.4) is 0 Å². The molecule has 2 heterocycles. The molecule has 0 bridgehead atoms. The topological polar surface area (TPSA) is 37.5 Å². The third-order valence-corrected chi connectivity index (χ3v) is 3.12. The standard InChI is InChI=1S/C10H14N2OS/c1-2-9(13)4-3-8-7-12-5-6-14-10(12)11-8/h5-7,9,13H,2-4H2,1H3. The molecular weight excluding hydrogens is 196 g/mol. The molecule has 0 radical (unpaired) electrons. The van der Waals surface area contributed by atoms with Crippen LogP contribution in [0.1, 0.15) is 25.5 Å². The first kappa shape index (κ1) is 9.68. The maximum atomic E-state index is 9.41. The molecule has 2 aromatic rings. The summed E-state index contributed by atoms with van der Waals surface area (Å²) in [5.74, 6) is 0. The largest absolute Gasteiger partial charge is 0.393 e. The van der Waals surface area contributed by atoms with E-state index in [1.807, 2.05) is 29.1 Å². The number of fused-ring (bicyclic) bond motifs is 1. The molecule has 4 heteroatoms. The average Bonchev–Trinajstić information content (AvgIpc) is 2.73. The van der Waals surface area contributed by atoms with Gasteiger partial charge in [0.25, 0.3) is 0 Å². The normalized spacial score (nSPS) is 13.6. The zero-order valence-electron chi connectivity index (χ0n) is 8.18. The minimum Gasteiger partial charge on any atom is -0.393 e. The quantitative estimate of drug-likeness (QED) is 0.839. The highest BCUT2D eigenvalue weighted by atomic mass is 32.1. The molecule has 14 heavy (non-hydrogen) atoms. The SMILES string of the molecule is CCC(O)CCc1cn2ccsc2n1. The maximum Gasteiger partial charge on any atom is 0.193 e. The van der Waals surface area contributed by atoms with Crippen molar-refractivity contribution in [1.29, 1.82) is 0 Å². The lowest BCUT2D eigenvalue weighted by Gasteiger charge is -2.04. The zero-order valence-corrected chi connectivity index (χ0v) is 9.00. The Labute approximate surface area is 87.0 Å². The van der Waals surface area contributed by atoms with Crippen molar-refractivity contribution >= 4 is 16.3 Å². The number of aryl methyl sites for hydroxylation is 1. The van der Waals surface area contributed by atoms with E-state index in [2.05, 4.69) is 4.98 Å². The summed E-state index contributed by atoms with van der Waals surface area (Å²) in [6.07, 6.45) is 6.35. The lowest BCUT2D eigenvalue weighted by Crippen LogP contribution is -2.05. The lowest BCUT2D eigenvalue weighted by molar-refractivity contribution is 0.160. The van der Waals surface area contributed by atoms with Crippen molar-refractivity contribution < 1.29 is 5.11 Å². The van der Waals surface area contributed by atoms with E-state index in [-0.39, 0.29) is 6.10 Å². The molecule has 0 aromatic carbocycles. The Bertz CT molecular complexity index is 378. The van der Waals surface area contributed by atoms with E-state index in [0.717, 1.165) is 29.9 Å². The monoisotopic (exact) mass is 210 g/mol. The molecule has 2 rings (SSSR count). The summed E-state index contributed by atoms with van der Waals surface area (Å²) >= 11 is 1.64.